The summed E-state index contributed by atoms with van der Waals surface area (Å²) in [6, 6.07) is 13.3. The van der Waals surface area contributed by atoms with E-state index in [9.17, 15) is 23.4 Å². The van der Waals surface area contributed by atoms with Gasteiger partial charge in [0.15, 0.2) is 0 Å². The number of benzene rings is 2. The van der Waals surface area contributed by atoms with E-state index in [-0.39, 0.29) is 16.9 Å². The second-order valence-corrected chi connectivity index (χ2v) is 14.7. The molecule has 1 aliphatic heterocycles. The standard InChI is InChI=1S/C33H42N2O6S/c34-42(39,40)28-13-5-10-23(28)9-3-4-16-32(17-7-18-32)29(36)30-33(19-6-11-22-8-1-2-12-25(22)33)21-35-26-20-24(31(37)38)14-15-27(26)41-30/h1-4,8,12,14-15,20,23,28-30,35-36H,5-7,9-11,13,16-19,21H2,(H,37,38)(H2,34,39,40)/b4-3+/t23-,28+,29-,30-,33?/m0/s1. The number of ether oxygens (including phenoxy) is 1. The molecule has 9 heteroatoms. The van der Waals surface area contributed by atoms with Crippen LogP contribution < -0.4 is 15.2 Å². The lowest BCUT2D eigenvalue weighted by Gasteiger charge is -2.53. The summed E-state index contributed by atoms with van der Waals surface area (Å²) in [5.74, 6) is -0.389. The summed E-state index contributed by atoms with van der Waals surface area (Å²) >= 11 is 0. The number of aliphatic hydroxyl groups excluding tert-OH is 1. The van der Waals surface area contributed by atoms with Crippen LogP contribution in [0.4, 0.5) is 5.69 Å². The fourth-order valence-electron chi connectivity index (χ4n) is 8.17. The van der Waals surface area contributed by atoms with Crippen molar-refractivity contribution in [3.05, 3.63) is 71.3 Å². The quantitative estimate of drug-likeness (QED) is 0.310. The van der Waals surface area contributed by atoms with Gasteiger partial charge in [-0.05, 0) is 93.0 Å². The molecular weight excluding hydrogens is 552 g/mol. The van der Waals surface area contributed by atoms with Crippen LogP contribution in [0.15, 0.2) is 54.6 Å². The Balaban J connectivity index is 1.30. The first kappa shape index (κ1) is 29.2. The maximum absolute atomic E-state index is 12.4. The van der Waals surface area contributed by atoms with Gasteiger partial charge in [0.25, 0.3) is 0 Å². The van der Waals surface area contributed by atoms with Crippen molar-refractivity contribution in [2.45, 2.75) is 93.5 Å². The predicted octanol–water partition coefficient (Wildman–Crippen LogP) is 5.16. The fourth-order valence-corrected chi connectivity index (χ4v) is 9.45. The number of primary sulfonamides is 1. The highest BCUT2D eigenvalue weighted by Crippen LogP contribution is 2.54. The van der Waals surface area contributed by atoms with E-state index in [1.807, 2.05) is 0 Å². The number of aryl methyl sites for hydroxylation is 1. The molecule has 0 bridgehead atoms. The number of carboxylic acid groups (broad SMARTS) is 1. The van der Waals surface area contributed by atoms with E-state index in [2.05, 4.69) is 41.7 Å². The van der Waals surface area contributed by atoms with Crippen LogP contribution in [-0.4, -0.2) is 48.6 Å². The monoisotopic (exact) mass is 594 g/mol. The van der Waals surface area contributed by atoms with Gasteiger partial charge in [-0.25, -0.2) is 18.4 Å². The number of anilines is 1. The average molecular weight is 595 g/mol. The molecule has 0 saturated heterocycles. The number of carbonyl (C=O) groups is 1. The third kappa shape index (κ3) is 5.24. The van der Waals surface area contributed by atoms with E-state index in [1.165, 1.54) is 11.1 Å². The molecule has 2 aromatic rings. The van der Waals surface area contributed by atoms with E-state index >= 15 is 0 Å². The number of hydrogen-bond donors (Lipinski definition) is 4. The van der Waals surface area contributed by atoms with Crippen LogP contribution in [0.3, 0.4) is 0 Å². The van der Waals surface area contributed by atoms with Gasteiger partial charge >= 0.3 is 5.97 Å². The van der Waals surface area contributed by atoms with Crippen LogP contribution in [0.1, 0.15) is 85.7 Å². The van der Waals surface area contributed by atoms with Crippen molar-refractivity contribution >= 4 is 21.7 Å². The summed E-state index contributed by atoms with van der Waals surface area (Å²) < 4.78 is 30.9. The normalized spacial score (nSPS) is 29.0. The zero-order valence-corrected chi connectivity index (χ0v) is 24.8. The molecule has 1 spiro atoms. The largest absolute Gasteiger partial charge is 0.485 e. The van der Waals surface area contributed by atoms with Crippen molar-refractivity contribution in [1.82, 2.24) is 0 Å². The Morgan fingerprint density at radius 1 is 1.10 bits per heavy atom. The van der Waals surface area contributed by atoms with Gasteiger partial charge < -0.3 is 20.3 Å². The van der Waals surface area contributed by atoms with Gasteiger partial charge in [-0.2, -0.15) is 0 Å². The van der Waals surface area contributed by atoms with Crippen LogP contribution in [0.25, 0.3) is 0 Å². The van der Waals surface area contributed by atoms with E-state index in [4.69, 9.17) is 9.88 Å². The minimum absolute atomic E-state index is 0.0454. The smallest absolute Gasteiger partial charge is 0.335 e. The van der Waals surface area contributed by atoms with Gasteiger partial charge in [0.05, 0.1) is 28.0 Å². The van der Waals surface area contributed by atoms with Crippen LogP contribution in [0.5, 0.6) is 5.75 Å². The van der Waals surface area contributed by atoms with Crippen molar-refractivity contribution in [3.63, 3.8) is 0 Å². The Labute approximate surface area is 248 Å². The van der Waals surface area contributed by atoms with Gasteiger partial charge in [0, 0.05) is 12.0 Å². The molecule has 2 aromatic carbocycles. The number of allylic oxidation sites excluding steroid dienone is 2. The number of rotatable bonds is 8. The number of hydrogen-bond acceptors (Lipinski definition) is 6. The van der Waals surface area contributed by atoms with Gasteiger partial charge in [-0.3, -0.25) is 0 Å². The highest BCUT2D eigenvalue weighted by Gasteiger charge is 2.56. The maximum atomic E-state index is 12.4. The van der Waals surface area contributed by atoms with Gasteiger partial charge in [-0.1, -0.05) is 49.3 Å². The van der Waals surface area contributed by atoms with Gasteiger partial charge in [-0.15, -0.1) is 0 Å². The molecule has 2 fully saturated rings. The summed E-state index contributed by atoms with van der Waals surface area (Å²) in [6.07, 6.45) is 12.3. The van der Waals surface area contributed by atoms with Crippen molar-refractivity contribution in [2.75, 3.05) is 11.9 Å². The number of fused-ring (bicyclic) bond motifs is 3. The number of nitrogens with one attached hydrogen (secondary N) is 1. The third-order valence-corrected chi connectivity index (χ3v) is 12.1. The van der Waals surface area contributed by atoms with Crippen molar-refractivity contribution in [1.29, 1.82) is 0 Å². The Hall–Kier alpha value is -2.88. The summed E-state index contributed by atoms with van der Waals surface area (Å²) in [7, 11) is -3.54. The van der Waals surface area contributed by atoms with Crippen molar-refractivity contribution in [2.24, 2.45) is 16.5 Å². The zero-order valence-electron chi connectivity index (χ0n) is 24.0. The molecule has 6 rings (SSSR count). The minimum atomic E-state index is -3.54. The zero-order chi connectivity index (χ0) is 29.5. The first-order chi connectivity index (χ1) is 20.1. The average Bonchev–Trinajstić information content (AvgIpc) is 3.37. The lowest BCUT2D eigenvalue weighted by molar-refractivity contribution is -0.115. The second kappa shape index (κ2) is 11.3. The molecule has 2 saturated carbocycles. The van der Waals surface area contributed by atoms with Crippen LogP contribution in [0.2, 0.25) is 0 Å². The Bertz CT molecular complexity index is 1470. The molecule has 42 heavy (non-hydrogen) atoms. The lowest BCUT2D eigenvalue weighted by Crippen LogP contribution is -2.60. The van der Waals surface area contributed by atoms with Gasteiger partial charge in [0.1, 0.15) is 11.9 Å². The lowest BCUT2D eigenvalue weighted by atomic mass is 9.56. The summed E-state index contributed by atoms with van der Waals surface area (Å²) in [6.45, 7) is 0.532. The van der Waals surface area contributed by atoms with E-state index in [0.717, 1.165) is 51.4 Å². The molecule has 8 nitrogen and oxygen atoms in total. The van der Waals surface area contributed by atoms with Gasteiger partial charge in [0.2, 0.25) is 10.0 Å². The van der Waals surface area contributed by atoms with E-state index in [0.29, 0.717) is 37.2 Å². The Morgan fingerprint density at radius 3 is 2.64 bits per heavy atom. The Kier molecular flexibility index (Phi) is 7.87. The molecule has 5 N–H and O–H groups in total. The molecule has 1 unspecified atom stereocenters. The first-order valence-corrected chi connectivity index (χ1v) is 16.9. The van der Waals surface area contributed by atoms with E-state index < -0.39 is 38.9 Å². The first-order valence-electron chi connectivity index (χ1n) is 15.3. The third-order valence-electron chi connectivity index (χ3n) is 10.6. The summed E-state index contributed by atoms with van der Waals surface area (Å²) in [4.78, 5) is 11.7. The van der Waals surface area contributed by atoms with Crippen molar-refractivity contribution < 1.29 is 28.2 Å². The second-order valence-electron chi connectivity index (χ2n) is 13.0. The Morgan fingerprint density at radius 2 is 1.90 bits per heavy atom. The summed E-state index contributed by atoms with van der Waals surface area (Å²) in [5.41, 5.74) is 2.45. The van der Waals surface area contributed by atoms with Crippen LogP contribution >= 0.6 is 0 Å². The summed E-state index contributed by atoms with van der Waals surface area (Å²) in [5, 5.41) is 30.5. The molecule has 226 valence electrons. The molecule has 0 aromatic heterocycles. The maximum Gasteiger partial charge on any atom is 0.335 e. The highest BCUT2D eigenvalue weighted by atomic mass is 32.2. The number of aliphatic hydroxyl groups is 1. The molecule has 5 atom stereocenters. The topological polar surface area (TPSA) is 139 Å². The number of carboxylic acids is 1. The SMILES string of the molecule is NS(=O)(=O)[C@@H]1CCC[C@@H]1C/C=C/CC1([C@@H](O)[C@@H]2Oc3ccc(C(=O)O)cc3NCC23CCCc2ccccc23)CCC1. The molecule has 0 amide bonds. The highest BCUT2D eigenvalue weighted by molar-refractivity contribution is 7.89. The molecule has 3 aliphatic carbocycles. The predicted molar refractivity (Wildman–Crippen MR) is 162 cm³/mol. The number of sulfonamides is 1. The molecule has 0 radical (unpaired) electrons. The number of aromatic carboxylic acids is 1. The number of nitrogens with two attached hydrogens (primary N) is 1. The molecule has 1 heterocycles. The fraction of sp³-hybridized carbons (Fsp3) is 0.545. The van der Waals surface area contributed by atoms with Crippen LogP contribution in [-0.2, 0) is 21.9 Å². The van der Waals surface area contributed by atoms with Crippen LogP contribution in [0, 0.1) is 11.3 Å². The van der Waals surface area contributed by atoms with E-state index in [1.54, 1.807) is 18.2 Å². The minimum Gasteiger partial charge on any atom is -0.485 e. The van der Waals surface area contributed by atoms with Crippen molar-refractivity contribution in [3.8, 4) is 5.75 Å². The molecule has 4 aliphatic rings. The molecular formula is C33H42N2O6S.